The van der Waals surface area contributed by atoms with Gasteiger partial charge < -0.3 is 20.4 Å². The second-order valence-electron chi connectivity index (χ2n) is 5.92. The van der Waals surface area contributed by atoms with Crippen molar-refractivity contribution in [1.29, 1.82) is 0 Å². The van der Waals surface area contributed by atoms with Crippen LogP contribution in [0.1, 0.15) is 72.1 Å². The average molecular weight is 306 g/mol. The van der Waals surface area contributed by atoms with Crippen molar-refractivity contribution in [3.8, 4) is 0 Å². The predicted molar refractivity (Wildman–Crippen MR) is 88.2 cm³/mol. The summed E-state index contributed by atoms with van der Waals surface area (Å²) < 4.78 is 0. The largest absolute Gasteiger partial charge is 0.396 e. The third-order valence-electron chi connectivity index (χ3n) is 3.80. The fourth-order valence-electron chi connectivity index (χ4n) is 2.10. The fourth-order valence-corrected chi connectivity index (χ4v) is 2.10. The highest BCUT2D eigenvalue weighted by atomic mass is 16.3. The molecule has 0 spiro atoms. The Labute approximate surface area is 131 Å². The van der Waals surface area contributed by atoms with Crippen LogP contribution in [-0.2, 0) is 0 Å². The summed E-state index contributed by atoms with van der Waals surface area (Å²) >= 11 is 0. The molecule has 0 radical (unpaired) electrons. The van der Waals surface area contributed by atoms with Gasteiger partial charge in [0.15, 0.2) is 0 Å². The first-order valence-electron chi connectivity index (χ1n) is 8.57. The molecule has 0 aromatic rings. The van der Waals surface area contributed by atoms with Crippen LogP contribution in [0.5, 0.6) is 0 Å². The van der Waals surface area contributed by atoms with Crippen LogP contribution in [0.25, 0.3) is 0 Å². The van der Waals surface area contributed by atoms with Crippen LogP contribution in [0.2, 0.25) is 0 Å². The third-order valence-corrected chi connectivity index (χ3v) is 3.80. The van der Waals surface area contributed by atoms with Crippen molar-refractivity contribution < 1.29 is 20.4 Å². The summed E-state index contributed by atoms with van der Waals surface area (Å²) in [6.45, 7) is 6.81. The van der Waals surface area contributed by atoms with Gasteiger partial charge in [-0.3, -0.25) is 0 Å². The maximum Gasteiger partial charge on any atom is 0.0590 e. The van der Waals surface area contributed by atoms with Crippen LogP contribution in [-0.4, -0.2) is 46.4 Å². The lowest BCUT2D eigenvalue weighted by molar-refractivity contribution is 0.0584. The van der Waals surface area contributed by atoms with E-state index >= 15 is 0 Å². The summed E-state index contributed by atoms with van der Waals surface area (Å²) in [7, 11) is 0. The SMILES string of the molecule is CC(CO)CCCCCCO.CCCC(O)C(CC)CO. The normalized spacial score (nSPS) is 15.0. The molecule has 130 valence electrons. The average Bonchev–Trinajstić information content (AvgIpc) is 2.49. The molecule has 0 aromatic carbocycles. The number of aliphatic hydroxyl groups is 4. The Balaban J connectivity index is 0. The molecule has 0 aliphatic carbocycles. The maximum atomic E-state index is 9.35. The Hall–Kier alpha value is -0.160. The summed E-state index contributed by atoms with van der Waals surface area (Å²) in [5, 5.41) is 35.3. The lowest BCUT2D eigenvalue weighted by atomic mass is 9.97. The van der Waals surface area contributed by atoms with Crippen LogP contribution in [0, 0.1) is 11.8 Å². The summed E-state index contributed by atoms with van der Waals surface area (Å²) in [4.78, 5) is 0. The molecule has 0 saturated heterocycles. The molecule has 0 aromatic heterocycles. The molecule has 0 aliphatic heterocycles. The molecule has 0 amide bonds. The van der Waals surface area contributed by atoms with E-state index in [9.17, 15) is 5.11 Å². The first-order valence-corrected chi connectivity index (χ1v) is 8.57. The zero-order valence-electron chi connectivity index (χ0n) is 14.3. The molecule has 4 N–H and O–H groups in total. The molecule has 3 atom stereocenters. The van der Waals surface area contributed by atoms with Gasteiger partial charge in [-0.25, -0.2) is 0 Å². The predicted octanol–water partition coefficient (Wildman–Crippen LogP) is 2.72. The molecule has 4 nitrogen and oxygen atoms in total. The highest BCUT2D eigenvalue weighted by Crippen LogP contribution is 2.12. The summed E-state index contributed by atoms with van der Waals surface area (Å²) in [6, 6.07) is 0. The van der Waals surface area contributed by atoms with Gasteiger partial charge in [-0.05, 0) is 31.6 Å². The van der Waals surface area contributed by atoms with Gasteiger partial charge in [0, 0.05) is 25.7 Å². The molecular weight excluding hydrogens is 268 g/mol. The Morgan fingerprint density at radius 1 is 0.810 bits per heavy atom. The molecule has 0 saturated carbocycles. The van der Waals surface area contributed by atoms with Gasteiger partial charge in [0.2, 0.25) is 0 Å². The second-order valence-corrected chi connectivity index (χ2v) is 5.92. The zero-order valence-corrected chi connectivity index (χ0v) is 14.3. The van der Waals surface area contributed by atoms with Crippen molar-refractivity contribution in [3.63, 3.8) is 0 Å². The lowest BCUT2D eigenvalue weighted by Crippen LogP contribution is -2.22. The summed E-state index contributed by atoms with van der Waals surface area (Å²) in [5.41, 5.74) is 0. The van der Waals surface area contributed by atoms with E-state index in [1.165, 1.54) is 12.8 Å². The Bertz CT molecular complexity index is 184. The number of aliphatic hydroxyl groups excluding tert-OH is 4. The smallest absolute Gasteiger partial charge is 0.0590 e. The number of hydrogen-bond donors (Lipinski definition) is 4. The Morgan fingerprint density at radius 3 is 1.86 bits per heavy atom. The van der Waals surface area contributed by atoms with Crippen molar-refractivity contribution in [2.45, 2.75) is 78.2 Å². The summed E-state index contributed by atoms with van der Waals surface area (Å²) in [6.07, 6.45) is 7.87. The van der Waals surface area contributed by atoms with Crippen molar-refractivity contribution in [3.05, 3.63) is 0 Å². The third kappa shape index (κ3) is 16.0. The van der Waals surface area contributed by atoms with Crippen LogP contribution in [0.15, 0.2) is 0 Å². The van der Waals surface area contributed by atoms with E-state index in [-0.39, 0.29) is 18.6 Å². The minimum atomic E-state index is -0.306. The van der Waals surface area contributed by atoms with Gasteiger partial charge in [-0.15, -0.1) is 0 Å². The molecule has 3 unspecified atom stereocenters. The Morgan fingerprint density at radius 2 is 1.43 bits per heavy atom. The number of unbranched alkanes of at least 4 members (excludes halogenated alkanes) is 3. The maximum absolute atomic E-state index is 9.35. The van der Waals surface area contributed by atoms with E-state index in [4.69, 9.17) is 15.3 Å². The molecule has 0 rings (SSSR count). The van der Waals surface area contributed by atoms with E-state index in [0.717, 1.165) is 38.5 Å². The molecular formula is C17H38O4. The number of rotatable bonds is 12. The van der Waals surface area contributed by atoms with E-state index in [0.29, 0.717) is 19.1 Å². The lowest BCUT2D eigenvalue weighted by Gasteiger charge is -2.17. The van der Waals surface area contributed by atoms with Crippen LogP contribution >= 0.6 is 0 Å². The highest BCUT2D eigenvalue weighted by molar-refractivity contribution is 4.65. The molecule has 21 heavy (non-hydrogen) atoms. The monoisotopic (exact) mass is 306 g/mol. The van der Waals surface area contributed by atoms with Gasteiger partial charge in [0.25, 0.3) is 0 Å². The van der Waals surface area contributed by atoms with E-state index in [1.807, 2.05) is 13.8 Å². The van der Waals surface area contributed by atoms with Crippen LogP contribution in [0.4, 0.5) is 0 Å². The molecule has 0 heterocycles. The molecule has 0 bridgehead atoms. The molecule has 4 heteroatoms. The quantitative estimate of drug-likeness (QED) is 0.418. The highest BCUT2D eigenvalue weighted by Gasteiger charge is 2.14. The van der Waals surface area contributed by atoms with Gasteiger partial charge in [-0.1, -0.05) is 46.5 Å². The van der Waals surface area contributed by atoms with Gasteiger partial charge in [0.05, 0.1) is 6.10 Å². The molecule has 0 fully saturated rings. The van der Waals surface area contributed by atoms with Gasteiger partial charge in [0.1, 0.15) is 0 Å². The minimum absolute atomic E-state index is 0.0833. The van der Waals surface area contributed by atoms with Crippen LogP contribution < -0.4 is 0 Å². The second kappa shape index (κ2) is 17.9. The van der Waals surface area contributed by atoms with Crippen molar-refractivity contribution >= 4 is 0 Å². The standard InChI is InChI=1S/C9H20O2.C8H18O2/c1-9(8-11)6-4-2-3-5-7-10;1-3-5-8(10)7(4-2)6-9/h9-11H,2-8H2,1H3;7-10H,3-6H2,1-2H3. The van der Waals surface area contributed by atoms with Crippen LogP contribution in [0.3, 0.4) is 0 Å². The van der Waals surface area contributed by atoms with E-state index < -0.39 is 0 Å². The first kappa shape index (κ1) is 23.1. The first-order chi connectivity index (χ1) is 10.1. The van der Waals surface area contributed by atoms with E-state index in [2.05, 4.69) is 6.92 Å². The minimum Gasteiger partial charge on any atom is -0.396 e. The van der Waals surface area contributed by atoms with Crippen molar-refractivity contribution in [2.75, 3.05) is 19.8 Å². The molecule has 0 aliphatic rings. The number of hydrogen-bond acceptors (Lipinski definition) is 4. The fraction of sp³-hybridized carbons (Fsp3) is 1.00. The van der Waals surface area contributed by atoms with Crippen molar-refractivity contribution in [2.24, 2.45) is 11.8 Å². The topological polar surface area (TPSA) is 80.9 Å². The zero-order chi connectivity index (χ0) is 16.5. The van der Waals surface area contributed by atoms with Gasteiger partial charge in [-0.2, -0.15) is 0 Å². The van der Waals surface area contributed by atoms with E-state index in [1.54, 1.807) is 0 Å². The van der Waals surface area contributed by atoms with Gasteiger partial charge >= 0.3 is 0 Å². The summed E-state index contributed by atoms with van der Waals surface area (Å²) in [5.74, 6) is 0.532. The van der Waals surface area contributed by atoms with Crippen molar-refractivity contribution in [1.82, 2.24) is 0 Å². The Kier molecular flexibility index (Phi) is 19.7.